The molecule has 2 aromatic heterocycles. The van der Waals surface area contributed by atoms with Crippen LogP contribution in [0.25, 0.3) is 22.4 Å². The first-order valence-electron chi connectivity index (χ1n) is 11.0. The van der Waals surface area contributed by atoms with Crippen molar-refractivity contribution >= 4 is 11.6 Å². The average molecular weight is 440 g/mol. The topological polar surface area (TPSA) is 75.7 Å². The van der Waals surface area contributed by atoms with Crippen molar-refractivity contribution in [3.8, 4) is 22.4 Å². The zero-order valence-electron chi connectivity index (χ0n) is 18.4. The maximum atomic E-state index is 13.1. The molecule has 7 heteroatoms. The number of amides is 1. The Morgan fingerprint density at radius 3 is 2.42 bits per heavy atom. The van der Waals surface area contributed by atoms with E-state index in [-0.39, 0.29) is 17.4 Å². The molecule has 5 rings (SSSR count). The third-order valence-electron chi connectivity index (χ3n) is 6.09. The van der Waals surface area contributed by atoms with E-state index in [0.717, 1.165) is 52.2 Å². The molecular formula is C26H25N5O2. The van der Waals surface area contributed by atoms with Crippen LogP contribution in [0.5, 0.6) is 0 Å². The number of pyridine rings is 1. The SMILES string of the molecule is Cn1nccc1-c1ccc(N2CCC[C@H]2C(=O)N=c2ccc(-c3ccccc3)cn2O)cc1. The van der Waals surface area contributed by atoms with Crippen molar-refractivity contribution in [1.82, 2.24) is 14.5 Å². The van der Waals surface area contributed by atoms with E-state index in [4.69, 9.17) is 0 Å². The molecule has 2 aromatic carbocycles. The van der Waals surface area contributed by atoms with Crippen molar-refractivity contribution in [3.63, 3.8) is 0 Å². The Labute approximate surface area is 191 Å². The number of hydrogen-bond donors (Lipinski definition) is 1. The van der Waals surface area contributed by atoms with Crippen LogP contribution in [0.3, 0.4) is 0 Å². The van der Waals surface area contributed by atoms with Gasteiger partial charge in [0, 0.05) is 31.0 Å². The van der Waals surface area contributed by atoms with E-state index in [1.807, 2.05) is 78.5 Å². The fraction of sp³-hybridized carbons (Fsp3) is 0.192. The largest absolute Gasteiger partial charge is 0.427 e. The summed E-state index contributed by atoms with van der Waals surface area (Å²) in [4.78, 5) is 19.4. The Kier molecular flexibility index (Phi) is 5.52. The smallest absolute Gasteiger partial charge is 0.270 e. The summed E-state index contributed by atoms with van der Waals surface area (Å²) in [5.41, 5.74) is 5.15. The van der Waals surface area contributed by atoms with Crippen LogP contribution in [0.1, 0.15) is 12.8 Å². The van der Waals surface area contributed by atoms with E-state index in [9.17, 15) is 10.0 Å². The highest BCUT2D eigenvalue weighted by Crippen LogP contribution is 2.29. The summed E-state index contributed by atoms with van der Waals surface area (Å²) in [7, 11) is 1.92. The first-order valence-corrected chi connectivity index (χ1v) is 11.0. The number of carbonyl (C=O) groups is 1. The van der Waals surface area contributed by atoms with Crippen molar-refractivity contribution in [2.75, 3.05) is 11.4 Å². The molecule has 1 aliphatic rings. The van der Waals surface area contributed by atoms with Gasteiger partial charge in [0.1, 0.15) is 6.04 Å². The normalized spacial score (nSPS) is 16.3. The van der Waals surface area contributed by atoms with Crippen molar-refractivity contribution in [3.05, 3.63) is 90.7 Å². The van der Waals surface area contributed by atoms with Crippen molar-refractivity contribution < 1.29 is 10.0 Å². The molecule has 166 valence electrons. The van der Waals surface area contributed by atoms with E-state index in [2.05, 4.69) is 15.0 Å². The highest BCUT2D eigenvalue weighted by Gasteiger charge is 2.30. The van der Waals surface area contributed by atoms with Gasteiger partial charge in [0.05, 0.1) is 11.9 Å². The monoisotopic (exact) mass is 439 g/mol. The van der Waals surface area contributed by atoms with E-state index in [1.165, 1.54) is 0 Å². The van der Waals surface area contributed by atoms with Crippen LogP contribution in [0, 0.1) is 0 Å². The number of nitrogens with zero attached hydrogens (tertiary/aromatic N) is 5. The maximum absolute atomic E-state index is 13.1. The number of aryl methyl sites for hydroxylation is 1. The molecule has 0 radical (unpaired) electrons. The highest BCUT2D eigenvalue weighted by atomic mass is 16.5. The Hall–Kier alpha value is -4.13. The third kappa shape index (κ3) is 4.17. The molecule has 7 nitrogen and oxygen atoms in total. The minimum absolute atomic E-state index is 0.220. The van der Waals surface area contributed by atoms with Gasteiger partial charge in [-0.1, -0.05) is 42.5 Å². The van der Waals surface area contributed by atoms with Crippen LogP contribution < -0.4 is 10.4 Å². The maximum Gasteiger partial charge on any atom is 0.270 e. The van der Waals surface area contributed by atoms with Crippen molar-refractivity contribution in [2.45, 2.75) is 18.9 Å². The van der Waals surface area contributed by atoms with Gasteiger partial charge in [-0.05, 0) is 54.3 Å². The van der Waals surface area contributed by atoms with E-state index in [0.29, 0.717) is 0 Å². The lowest BCUT2D eigenvalue weighted by molar-refractivity contribution is -0.119. The van der Waals surface area contributed by atoms with Gasteiger partial charge in [-0.15, -0.1) is 0 Å². The summed E-state index contributed by atoms with van der Waals surface area (Å²) in [6, 6.07) is 23.1. The fourth-order valence-corrected chi connectivity index (χ4v) is 4.37. The Morgan fingerprint density at radius 2 is 1.73 bits per heavy atom. The standard InChI is InChI=1S/C26H25N5O2/c1-29-23(15-16-27-29)20-9-12-22(13-10-20)30-17-5-8-24(30)26(32)28-25-14-11-21(18-31(25)33)19-6-3-2-4-7-19/h2-4,6-7,9-16,18,24,33H,5,8,17H2,1H3/t24-/m0/s1. The van der Waals surface area contributed by atoms with E-state index in [1.54, 1.807) is 18.5 Å². The molecule has 1 aliphatic heterocycles. The first-order chi connectivity index (χ1) is 16.1. The summed E-state index contributed by atoms with van der Waals surface area (Å²) in [6.45, 7) is 0.795. The van der Waals surface area contributed by atoms with Crippen LogP contribution in [0.2, 0.25) is 0 Å². The number of rotatable bonds is 4. The summed E-state index contributed by atoms with van der Waals surface area (Å²) >= 11 is 0. The zero-order chi connectivity index (χ0) is 22.8. The van der Waals surface area contributed by atoms with Gasteiger partial charge >= 0.3 is 0 Å². The summed E-state index contributed by atoms with van der Waals surface area (Å²) in [5.74, 6) is -0.251. The van der Waals surface area contributed by atoms with Gasteiger partial charge in [0.25, 0.3) is 5.91 Å². The lowest BCUT2D eigenvalue weighted by atomic mass is 10.1. The van der Waals surface area contributed by atoms with E-state index >= 15 is 0 Å². The van der Waals surface area contributed by atoms with Crippen LogP contribution in [-0.2, 0) is 11.8 Å². The Bertz CT molecular complexity index is 1340. The zero-order valence-corrected chi connectivity index (χ0v) is 18.4. The number of anilines is 1. The minimum atomic E-state index is -0.346. The summed E-state index contributed by atoms with van der Waals surface area (Å²) < 4.78 is 2.76. The molecule has 1 atom stereocenters. The van der Waals surface area contributed by atoms with Crippen LogP contribution in [-0.4, -0.2) is 38.2 Å². The quantitative estimate of drug-likeness (QED) is 0.490. The van der Waals surface area contributed by atoms with Crippen LogP contribution in [0.4, 0.5) is 5.69 Å². The first kappa shape index (κ1) is 20.8. The van der Waals surface area contributed by atoms with Crippen LogP contribution >= 0.6 is 0 Å². The molecule has 1 saturated heterocycles. The predicted octanol–water partition coefficient (Wildman–Crippen LogP) is 3.89. The average Bonchev–Trinajstić information content (AvgIpc) is 3.50. The number of aromatic nitrogens is 3. The van der Waals surface area contributed by atoms with Gasteiger partial charge in [0.2, 0.25) is 0 Å². The Morgan fingerprint density at radius 1 is 0.970 bits per heavy atom. The van der Waals surface area contributed by atoms with Crippen molar-refractivity contribution in [1.29, 1.82) is 0 Å². The number of hydrogen-bond acceptors (Lipinski definition) is 4. The second kappa shape index (κ2) is 8.78. The highest BCUT2D eigenvalue weighted by molar-refractivity contribution is 5.86. The number of benzene rings is 2. The molecule has 1 amide bonds. The van der Waals surface area contributed by atoms with Crippen molar-refractivity contribution in [2.24, 2.45) is 12.0 Å². The Balaban J connectivity index is 1.37. The minimum Gasteiger partial charge on any atom is -0.427 e. The van der Waals surface area contributed by atoms with Gasteiger partial charge in [-0.2, -0.15) is 14.8 Å². The molecular weight excluding hydrogens is 414 g/mol. The summed E-state index contributed by atoms with van der Waals surface area (Å²) in [5, 5.41) is 14.6. The number of carbonyl (C=O) groups excluding carboxylic acids is 1. The van der Waals surface area contributed by atoms with Gasteiger partial charge in [-0.25, -0.2) is 0 Å². The lowest BCUT2D eigenvalue weighted by Crippen LogP contribution is -2.36. The fourth-order valence-electron chi connectivity index (χ4n) is 4.37. The summed E-state index contributed by atoms with van der Waals surface area (Å²) in [6.07, 6.45) is 5.01. The second-order valence-electron chi connectivity index (χ2n) is 8.17. The third-order valence-corrected chi connectivity index (χ3v) is 6.09. The van der Waals surface area contributed by atoms with Crippen LogP contribution in [0.15, 0.2) is 90.2 Å². The molecule has 0 saturated carbocycles. The molecule has 0 unspecified atom stereocenters. The van der Waals surface area contributed by atoms with E-state index < -0.39 is 0 Å². The molecule has 1 fully saturated rings. The molecule has 0 spiro atoms. The molecule has 33 heavy (non-hydrogen) atoms. The molecule has 1 N–H and O–H groups in total. The predicted molar refractivity (Wildman–Crippen MR) is 127 cm³/mol. The molecule has 4 aromatic rings. The van der Waals surface area contributed by atoms with Gasteiger partial charge in [-0.3, -0.25) is 9.48 Å². The van der Waals surface area contributed by atoms with Gasteiger partial charge < -0.3 is 10.1 Å². The molecule has 0 aliphatic carbocycles. The molecule has 0 bridgehead atoms. The van der Waals surface area contributed by atoms with Gasteiger partial charge in [0.15, 0.2) is 5.49 Å². The molecule has 3 heterocycles. The lowest BCUT2D eigenvalue weighted by Gasteiger charge is -2.24. The second-order valence-corrected chi connectivity index (χ2v) is 8.17.